The standard InChI is InChI=1S/C22H27N3O4S2/c1-16(22(26)24-20-8-4-6-17-5-2-3-7-19(17)20)30-21-10-9-18(15-23-21)31(27,28)25-11-13-29-14-12-25/h2-3,5,7,9-10,15-16,20H,4,6,8,11-14H2,1H3,(H,24,26)/t16-,20+/m0/s1. The van der Waals surface area contributed by atoms with E-state index in [1.54, 1.807) is 12.1 Å². The van der Waals surface area contributed by atoms with Crippen LogP contribution in [-0.2, 0) is 26.0 Å². The molecule has 1 N–H and O–H groups in total. The van der Waals surface area contributed by atoms with Crippen molar-refractivity contribution in [2.45, 2.75) is 47.4 Å². The van der Waals surface area contributed by atoms with Crippen molar-refractivity contribution in [3.63, 3.8) is 0 Å². The van der Waals surface area contributed by atoms with Crippen molar-refractivity contribution < 1.29 is 17.9 Å². The maximum atomic E-state index is 12.8. The highest BCUT2D eigenvalue weighted by Crippen LogP contribution is 2.30. The van der Waals surface area contributed by atoms with Gasteiger partial charge in [0.15, 0.2) is 0 Å². The van der Waals surface area contributed by atoms with Crippen molar-refractivity contribution in [2.75, 3.05) is 26.3 Å². The Kier molecular flexibility index (Phi) is 6.95. The first-order valence-corrected chi connectivity index (χ1v) is 12.9. The molecule has 1 fully saturated rings. The van der Waals surface area contributed by atoms with Gasteiger partial charge in [0.25, 0.3) is 0 Å². The van der Waals surface area contributed by atoms with Gasteiger partial charge in [0.1, 0.15) is 4.90 Å². The SMILES string of the molecule is C[C@H](Sc1ccc(S(=O)(=O)N2CCOCC2)cn1)C(=O)N[C@@H]1CCCc2ccccc21. The molecule has 1 aromatic carbocycles. The number of hydrogen-bond donors (Lipinski definition) is 1. The number of fused-ring (bicyclic) bond motifs is 1. The Bertz CT molecular complexity index is 1020. The van der Waals surface area contributed by atoms with Gasteiger partial charge < -0.3 is 10.1 Å². The van der Waals surface area contributed by atoms with Crippen LogP contribution in [0.2, 0.25) is 0 Å². The number of morpholine rings is 1. The predicted octanol–water partition coefficient (Wildman–Crippen LogP) is 2.78. The molecule has 1 aliphatic carbocycles. The molecule has 7 nitrogen and oxygen atoms in total. The average Bonchev–Trinajstić information content (AvgIpc) is 2.80. The molecule has 0 radical (unpaired) electrons. The summed E-state index contributed by atoms with van der Waals surface area (Å²) in [6.45, 7) is 3.34. The molecule has 2 aromatic rings. The van der Waals surface area contributed by atoms with E-state index in [1.807, 2.05) is 19.1 Å². The molecular formula is C22H27N3O4S2. The lowest BCUT2D eigenvalue weighted by Gasteiger charge is -2.27. The zero-order valence-electron chi connectivity index (χ0n) is 17.5. The van der Waals surface area contributed by atoms with Gasteiger partial charge in [0.2, 0.25) is 15.9 Å². The number of pyridine rings is 1. The smallest absolute Gasteiger partial charge is 0.244 e. The van der Waals surface area contributed by atoms with Crippen LogP contribution < -0.4 is 5.32 Å². The summed E-state index contributed by atoms with van der Waals surface area (Å²) in [4.78, 5) is 17.2. The number of thioether (sulfide) groups is 1. The van der Waals surface area contributed by atoms with E-state index in [0.717, 1.165) is 19.3 Å². The number of aryl methyl sites for hydroxylation is 1. The Labute approximate surface area is 187 Å². The molecule has 31 heavy (non-hydrogen) atoms. The van der Waals surface area contributed by atoms with Gasteiger partial charge in [0.05, 0.1) is 29.5 Å². The summed E-state index contributed by atoms with van der Waals surface area (Å²) in [5, 5.41) is 3.45. The van der Waals surface area contributed by atoms with Crippen LogP contribution in [0.5, 0.6) is 0 Å². The molecule has 4 rings (SSSR count). The number of nitrogens with one attached hydrogen (secondary N) is 1. The van der Waals surface area contributed by atoms with Crippen molar-refractivity contribution >= 4 is 27.7 Å². The van der Waals surface area contributed by atoms with Gasteiger partial charge in [-0.3, -0.25) is 4.79 Å². The van der Waals surface area contributed by atoms with Gasteiger partial charge in [0, 0.05) is 19.3 Å². The number of nitrogens with zero attached hydrogens (tertiary/aromatic N) is 2. The molecule has 0 saturated carbocycles. The highest BCUT2D eigenvalue weighted by molar-refractivity contribution is 8.00. The second-order valence-corrected chi connectivity index (χ2v) is 11.1. The lowest BCUT2D eigenvalue weighted by atomic mass is 9.88. The Hall–Kier alpha value is -1.94. The third-order valence-corrected chi connectivity index (χ3v) is 8.60. The number of amides is 1. The number of aromatic nitrogens is 1. The largest absolute Gasteiger partial charge is 0.379 e. The molecule has 1 saturated heterocycles. The van der Waals surface area contributed by atoms with Crippen LogP contribution in [0.4, 0.5) is 0 Å². The number of hydrogen-bond acceptors (Lipinski definition) is 6. The molecule has 2 heterocycles. The van der Waals surface area contributed by atoms with Crippen molar-refractivity contribution in [3.8, 4) is 0 Å². The summed E-state index contributed by atoms with van der Waals surface area (Å²) in [6.07, 6.45) is 4.42. The van der Waals surface area contributed by atoms with E-state index in [1.165, 1.54) is 33.4 Å². The number of sulfonamides is 1. The highest BCUT2D eigenvalue weighted by atomic mass is 32.2. The van der Waals surface area contributed by atoms with Gasteiger partial charge in [-0.2, -0.15) is 4.31 Å². The first-order chi connectivity index (χ1) is 14.9. The van der Waals surface area contributed by atoms with Gasteiger partial charge >= 0.3 is 0 Å². The van der Waals surface area contributed by atoms with Gasteiger partial charge in [-0.1, -0.05) is 36.0 Å². The molecule has 0 spiro atoms. The van der Waals surface area contributed by atoms with Crippen molar-refractivity contribution in [2.24, 2.45) is 0 Å². The maximum Gasteiger partial charge on any atom is 0.244 e. The van der Waals surface area contributed by atoms with Crippen LogP contribution in [0.1, 0.15) is 36.9 Å². The lowest BCUT2D eigenvalue weighted by Crippen LogP contribution is -2.40. The molecule has 0 unspecified atom stereocenters. The number of carbonyl (C=O) groups excluding carboxylic acids is 1. The summed E-state index contributed by atoms with van der Waals surface area (Å²) in [7, 11) is -3.57. The first-order valence-electron chi connectivity index (χ1n) is 10.5. The minimum Gasteiger partial charge on any atom is -0.379 e. The Morgan fingerprint density at radius 3 is 2.74 bits per heavy atom. The zero-order chi connectivity index (χ0) is 21.8. The summed E-state index contributed by atoms with van der Waals surface area (Å²) >= 11 is 1.32. The maximum absolute atomic E-state index is 12.8. The molecule has 1 aromatic heterocycles. The number of carbonyl (C=O) groups is 1. The first kappa shape index (κ1) is 22.3. The van der Waals surface area contributed by atoms with Crippen molar-refractivity contribution in [1.82, 2.24) is 14.6 Å². The topological polar surface area (TPSA) is 88.6 Å². The predicted molar refractivity (Wildman–Crippen MR) is 119 cm³/mol. The fraction of sp³-hybridized carbons (Fsp3) is 0.455. The van der Waals surface area contributed by atoms with E-state index in [4.69, 9.17) is 4.74 Å². The molecule has 2 aliphatic rings. The van der Waals surface area contributed by atoms with E-state index < -0.39 is 10.0 Å². The van der Waals surface area contributed by atoms with E-state index in [-0.39, 0.29) is 22.1 Å². The fourth-order valence-corrected chi connectivity index (χ4v) is 6.10. The van der Waals surface area contributed by atoms with Gasteiger partial charge in [-0.15, -0.1) is 0 Å². The fourth-order valence-electron chi connectivity index (χ4n) is 3.95. The van der Waals surface area contributed by atoms with Crippen LogP contribution in [-0.4, -0.2) is 55.2 Å². The Balaban J connectivity index is 1.37. The van der Waals surface area contributed by atoms with Crippen molar-refractivity contribution in [1.29, 1.82) is 0 Å². The van der Waals surface area contributed by atoms with Gasteiger partial charge in [-0.25, -0.2) is 13.4 Å². The summed E-state index contributed by atoms with van der Waals surface area (Å²) in [5.74, 6) is -0.0430. The second kappa shape index (κ2) is 9.68. The number of rotatable bonds is 6. The van der Waals surface area contributed by atoms with Crippen molar-refractivity contribution in [3.05, 3.63) is 53.7 Å². The van der Waals surface area contributed by atoms with E-state index in [0.29, 0.717) is 31.3 Å². The normalized spacial score (nSPS) is 20.6. The third kappa shape index (κ3) is 5.11. The minimum atomic E-state index is -3.57. The lowest BCUT2D eigenvalue weighted by molar-refractivity contribution is -0.121. The van der Waals surface area contributed by atoms with Crippen LogP contribution >= 0.6 is 11.8 Å². The average molecular weight is 462 g/mol. The Morgan fingerprint density at radius 2 is 2.00 bits per heavy atom. The minimum absolute atomic E-state index is 0.0366. The Morgan fingerprint density at radius 1 is 1.23 bits per heavy atom. The van der Waals surface area contributed by atoms with Crippen LogP contribution in [0.15, 0.2) is 52.5 Å². The van der Waals surface area contributed by atoms with Crippen LogP contribution in [0.3, 0.4) is 0 Å². The molecule has 166 valence electrons. The van der Waals surface area contributed by atoms with E-state index in [2.05, 4.69) is 22.4 Å². The molecule has 1 amide bonds. The van der Waals surface area contributed by atoms with Crippen LogP contribution in [0.25, 0.3) is 0 Å². The molecule has 0 bridgehead atoms. The summed E-state index contributed by atoms with van der Waals surface area (Å²) in [6, 6.07) is 11.5. The van der Waals surface area contributed by atoms with E-state index >= 15 is 0 Å². The quantitative estimate of drug-likeness (QED) is 0.666. The van der Waals surface area contributed by atoms with E-state index in [9.17, 15) is 13.2 Å². The monoisotopic (exact) mass is 461 g/mol. The molecular weight excluding hydrogens is 434 g/mol. The molecule has 9 heteroatoms. The molecule has 1 aliphatic heterocycles. The van der Waals surface area contributed by atoms with Crippen LogP contribution in [0, 0.1) is 0 Å². The van der Waals surface area contributed by atoms with Gasteiger partial charge in [-0.05, 0) is 49.4 Å². The zero-order valence-corrected chi connectivity index (χ0v) is 19.1. The summed E-state index contributed by atoms with van der Waals surface area (Å²) < 4.78 is 32.1. The number of ether oxygens (including phenoxy) is 1. The highest BCUT2D eigenvalue weighted by Gasteiger charge is 2.27. The summed E-state index contributed by atoms with van der Waals surface area (Å²) in [5.41, 5.74) is 2.51. The number of benzene rings is 1. The second-order valence-electron chi connectivity index (χ2n) is 7.76. The third-order valence-electron chi connectivity index (χ3n) is 5.67. The molecule has 2 atom stereocenters.